The van der Waals surface area contributed by atoms with Crippen LogP contribution in [0.15, 0.2) is 30.3 Å². The van der Waals surface area contributed by atoms with E-state index in [0.717, 1.165) is 32.1 Å². The summed E-state index contributed by atoms with van der Waals surface area (Å²) in [7, 11) is 0. The monoisotopic (exact) mass is 322 g/mol. The standard InChI is InChI=1S/C17H26N2O2S/c1-17(2,19-8-10-21-11-9-19)14-18-16(20)13-22-12-15-6-4-3-5-7-15/h3-7H,8-14H2,1-2H3,(H,18,20). The predicted octanol–water partition coefficient (Wildman–Crippen LogP) is 2.15. The van der Waals surface area contributed by atoms with Gasteiger partial charge in [0.25, 0.3) is 0 Å². The fraction of sp³-hybridized carbons (Fsp3) is 0.588. The minimum atomic E-state index is -0.0243. The number of hydrogen-bond acceptors (Lipinski definition) is 4. The molecule has 1 fully saturated rings. The molecule has 22 heavy (non-hydrogen) atoms. The molecule has 1 aromatic carbocycles. The van der Waals surface area contributed by atoms with Gasteiger partial charge in [0.15, 0.2) is 0 Å². The highest BCUT2D eigenvalue weighted by molar-refractivity contribution is 7.99. The zero-order valence-electron chi connectivity index (χ0n) is 13.5. The quantitative estimate of drug-likeness (QED) is 0.835. The molecule has 1 amide bonds. The van der Waals surface area contributed by atoms with Gasteiger partial charge in [0.05, 0.1) is 19.0 Å². The van der Waals surface area contributed by atoms with Crippen molar-refractivity contribution in [3.63, 3.8) is 0 Å². The van der Waals surface area contributed by atoms with Gasteiger partial charge in [-0.1, -0.05) is 30.3 Å². The molecule has 1 heterocycles. The van der Waals surface area contributed by atoms with Crippen molar-refractivity contribution >= 4 is 17.7 Å². The van der Waals surface area contributed by atoms with Gasteiger partial charge in [-0.25, -0.2) is 0 Å². The Morgan fingerprint density at radius 1 is 1.27 bits per heavy atom. The number of ether oxygens (including phenoxy) is 1. The molecule has 2 rings (SSSR count). The van der Waals surface area contributed by atoms with E-state index >= 15 is 0 Å². The second kappa shape index (κ2) is 8.56. The topological polar surface area (TPSA) is 41.6 Å². The molecule has 0 bridgehead atoms. The number of benzene rings is 1. The first-order valence-corrected chi connectivity index (χ1v) is 8.94. The van der Waals surface area contributed by atoms with Gasteiger partial charge in [-0.15, -0.1) is 11.8 Å². The maximum absolute atomic E-state index is 12.0. The van der Waals surface area contributed by atoms with Crippen molar-refractivity contribution in [3.05, 3.63) is 35.9 Å². The lowest BCUT2D eigenvalue weighted by molar-refractivity contribution is -0.119. The highest BCUT2D eigenvalue weighted by atomic mass is 32.2. The predicted molar refractivity (Wildman–Crippen MR) is 92.1 cm³/mol. The molecule has 1 saturated heterocycles. The van der Waals surface area contributed by atoms with Crippen LogP contribution in [0.2, 0.25) is 0 Å². The van der Waals surface area contributed by atoms with Crippen LogP contribution in [0, 0.1) is 0 Å². The maximum atomic E-state index is 12.0. The van der Waals surface area contributed by atoms with Gasteiger partial charge in [0.1, 0.15) is 0 Å². The number of amides is 1. The molecule has 0 saturated carbocycles. The normalized spacial score (nSPS) is 16.5. The van der Waals surface area contributed by atoms with Gasteiger partial charge in [-0.05, 0) is 19.4 Å². The van der Waals surface area contributed by atoms with Gasteiger partial charge in [-0.3, -0.25) is 9.69 Å². The van der Waals surface area contributed by atoms with Crippen molar-refractivity contribution in [1.82, 2.24) is 10.2 Å². The van der Waals surface area contributed by atoms with Gasteiger partial charge < -0.3 is 10.1 Å². The lowest BCUT2D eigenvalue weighted by Gasteiger charge is -2.40. The van der Waals surface area contributed by atoms with Crippen molar-refractivity contribution in [1.29, 1.82) is 0 Å². The molecular formula is C17H26N2O2S. The number of nitrogens with zero attached hydrogens (tertiary/aromatic N) is 1. The van der Waals surface area contributed by atoms with Crippen LogP contribution < -0.4 is 5.32 Å². The summed E-state index contributed by atoms with van der Waals surface area (Å²) < 4.78 is 5.38. The molecule has 1 N–H and O–H groups in total. The number of carbonyl (C=O) groups excluding carboxylic acids is 1. The summed E-state index contributed by atoms with van der Waals surface area (Å²) in [5.74, 6) is 1.50. The molecule has 5 heteroatoms. The summed E-state index contributed by atoms with van der Waals surface area (Å²) in [4.78, 5) is 14.4. The number of carbonyl (C=O) groups is 1. The first-order valence-electron chi connectivity index (χ1n) is 7.79. The second-order valence-corrected chi connectivity index (χ2v) is 7.15. The Bertz CT molecular complexity index is 459. The fourth-order valence-corrected chi connectivity index (χ4v) is 3.30. The Labute approximate surface area is 137 Å². The Kier molecular flexibility index (Phi) is 6.73. The summed E-state index contributed by atoms with van der Waals surface area (Å²) in [5, 5.41) is 3.06. The van der Waals surface area contributed by atoms with E-state index < -0.39 is 0 Å². The van der Waals surface area contributed by atoms with Gasteiger partial charge in [0, 0.05) is 30.9 Å². The molecule has 4 nitrogen and oxygen atoms in total. The average molecular weight is 322 g/mol. The van der Waals surface area contributed by atoms with Crippen LogP contribution in [-0.4, -0.2) is 54.9 Å². The number of rotatable bonds is 7. The molecule has 0 atom stereocenters. The van der Waals surface area contributed by atoms with Crippen LogP contribution in [-0.2, 0) is 15.3 Å². The highest BCUT2D eigenvalue weighted by Gasteiger charge is 2.28. The lowest BCUT2D eigenvalue weighted by Crippen LogP contribution is -2.55. The van der Waals surface area contributed by atoms with Crippen LogP contribution in [0.3, 0.4) is 0 Å². The zero-order valence-corrected chi connectivity index (χ0v) is 14.3. The summed E-state index contributed by atoms with van der Waals surface area (Å²) in [6, 6.07) is 10.2. The van der Waals surface area contributed by atoms with Crippen molar-refractivity contribution in [2.24, 2.45) is 0 Å². The third-order valence-electron chi connectivity index (χ3n) is 3.93. The molecule has 0 spiro atoms. The van der Waals surface area contributed by atoms with E-state index in [1.165, 1.54) is 5.56 Å². The van der Waals surface area contributed by atoms with Gasteiger partial charge >= 0.3 is 0 Å². The molecule has 0 aliphatic carbocycles. The number of thioether (sulfide) groups is 1. The molecule has 122 valence electrons. The first kappa shape index (κ1) is 17.3. The highest BCUT2D eigenvalue weighted by Crippen LogP contribution is 2.15. The van der Waals surface area contributed by atoms with Crippen LogP contribution in [0.25, 0.3) is 0 Å². The van der Waals surface area contributed by atoms with E-state index in [4.69, 9.17) is 4.74 Å². The Hall–Kier alpha value is -1.04. The Morgan fingerprint density at radius 3 is 2.64 bits per heavy atom. The molecule has 0 radical (unpaired) electrons. The van der Waals surface area contributed by atoms with E-state index in [1.807, 2.05) is 18.2 Å². The molecule has 0 aromatic heterocycles. The third kappa shape index (κ3) is 5.63. The fourth-order valence-electron chi connectivity index (χ4n) is 2.48. The molecule has 1 aliphatic heterocycles. The van der Waals surface area contributed by atoms with Crippen molar-refractivity contribution in [3.8, 4) is 0 Å². The zero-order chi connectivity index (χ0) is 15.8. The van der Waals surface area contributed by atoms with Crippen molar-refractivity contribution in [2.45, 2.75) is 25.1 Å². The minimum absolute atomic E-state index is 0.0243. The molecule has 1 aliphatic rings. The molecule has 1 aromatic rings. The number of hydrogen-bond donors (Lipinski definition) is 1. The molecular weight excluding hydrogens is 296 g/mol. The van der Waals surface area contributed by atoms with Gasteiger partial charge in [0.2, 0.25) is 5.91 Å². The summed E-state index contributed by atoms with van der Waals surface area (Å²) in [5.41, 5.74) is 1.23. The van der Waals surface area contributed by atoms with Crippen molar-refractivity contribution < 1.29 is 9.53 Å². The van der Waals surface area contributed by atoms with Crippen LogP contribution in [0.4, 0.5) is 0 Å². The van der Waals surface area contributed by atoms with E-state index in [-0.39, 0.29) is 11.4 Å². The average Bonchev–Trinajstić information content (AvgIpc) is 2.55. The second-order valence-electron chi connectivity index (χ2n) is 6.17. The van der Waals surface area contributed by atoms with Crippen molar-refractivity contribution in [2.75, 3.05) is 38.6 Å². The SMILES string of the molecule is CC(C)(CNC(=O)CSCc1ccccc1)N1CCOCC1. The summed E-state index contributed by atoms with van der Waals surface area (Å²) >= 11 is 1.65. The van der Waals surface area contributed by atoms with E-state index in [1.54, 1.807) is 11.8 Å². The van der Waals surface area contributed by atoms with E-state index in [2.05, 4.69) is 36.2 Å². The lowest BCUT2D eigenvalue weighted by atomic mass is 10.0. The van der Waals surface area contributed by atoms with Crippen LogP contribution in [0.1, 0.15) is 19.4 Å². The Morgan fingerprint density at radius 2 is 1.95 bits per heavy atom. The largest absolute Gasteiger partial charge is 0.379 e. The van der Waals surface area contributed by atoms with Crippen LogP contribution >= 0.6 is 11.8 Å². The number of nitrogens with one attached hydrogen (secondary N) is 1. The smallest absolute Gasteiger partial charge is 0.230 e. The first-order chi connectivity index (χ1) is 10.6. The Balaban J connectivity index is 1.66. The van der Waals surface area contributed by atoms with Gasteiger partial charge in [-0.2, -0.15) is 0 Å². The minimum Gasteiger partial charge on any atom is -0.379 e. The summed E-state index contributed by atoms with van der Waals surface area (Å²) in [6.07, 6.45) is 0. The third-order valence-corrected chi connectivity index (χ3v) is 4.93. The maximum Gasteiger partial charge on any atom is 0.230 e. The van der Waals surface area contributed by atoms with Crippen LogP contribution in [0.5, 0.6) is 0 Å². The van der Waals surface area contributed by atoms with E-state index in [0.29, 0.717) is 12.3 Å². The number of morpholine rings is 1. The van der Waals surface area contributed by atoms with E-state index in [9.17, 15) is 4.79 Å². The molecule has 0 unspecified atom stereocenters. The summed E-state index contributed by atoms with van der Waals surface area (Å²) in [6.45, 7) is 8.47.